The number of rotatable bonds is 4. The van der Waals surface area contributed by atoms with Crippen molar-refractivity contribution in [2.75, 3.05) is 0 Å². The smallest absolute Gasteiger partial charge is 0.0487 e. The first-order chi connectivity index (χ1) is 7.16. The van der Waals surface area contributed by atoms with E-state index < -0.39 is 16.1 Å². The maximum atomic E-state index is 2.44. The minimum atomic E-state index is -0.968. The molecule has 0 spiro atoms. The minimum absolute atomic E-state index is 0.968. The predicted octanol–water partition coefficient (Wildman–Crippen LogP) is 4.53. The summed E-state index contributed by atoms with van der Waals surface area (Å²) < 4.78 is 0. The Kier molecular flexibility index (Phi) is 4.19. The van der Waals surface area contributed by atoms with Gasteiger partial charge in [-0.15, -0.1) is 0 Å². The Morgan fingerprint density at radius 1 is 0.750 bits per heavy atom. The van der Waals surface area contributed by atoms with Crippen LogP contribution in [-0.4, -0.2) is 16.1 Å². The van der Waals surface area contributed by atoms with Crippen LogP contribution in [0.4, 0.5) is 0 Å². The molecule has 1 aromatic carbocycles. The Balaban J connectivity index is 2.79. The average Bonchev–Trinajstić information content (AvgIpc) is 1.96. The third-order valence-electron chi connectivity index (χ3n) is 2.46. The van der Waals surface area contributed by atoms with Crippen molar-refractivity contribution in [3.8, 4) is 0 Å². The highest BCUT2D eigenvalue weighted by atomic mass is 28.3. The highest BCUT2D eigenvalue weighted by Gasteiger charge is 2.16. The van der Waals surface area contributed by atoms with Gasteiger partial charge >= 0.3 is 0 Å². The summed E-state index contributed by atoms with van der Waals surface area (Å²) in [5.41, 5.74) is 3.10. The van der Waals surface area contributed by atoms with Gasteiger partial charge in [-0.1, -0.05) is 74.7 Å². The van der Waals surface area contributed by atoms with Crippen molar-refractivity contribution < 1.29 is 0 Å². The second kappa shape index (κ2) is 4.88. The van der Waals surface area contributed by atoms with Crippen molar-refractivity contribution in [1.29, 1.82) is 0 Å². The van der Waals surface area contributed by atoms with Gasteiger partial charge in [-0.05, 0) is 12.1 Å². The molecule has 0 N–H and O–H groups in total. The molecule has 0 bridgehead atoms. The number of benzene rings is 1. The minimum Gasteiger partial charge on any atom is -0.0693 e. The maximum Gasteiger partial charge on any atom is 0.0487 e. The lowest BCUT2D eigenvalue weighted by Crippen LogP contribution is -2.25. The summed E-state index contributed by atoms with van der Waals surface area (Å²) in [5, 5.41) is 0. The van der Waals surface area contributed by atoms with Crippen LogP contribution in [0, 0.1) is 0 Å². The summed E-state index contributed by atoms with van der Waals surface area (Å²) in [6.45, 7) is 14.7. The molecule has 90 valence electrons. The molecule has 1 aromatic rings. The zero-order valence-corrected chi connectivity index (χ0v) is 13.7. The fourth-order valence-corrected chi connectivity index (χ4v) is 4.96. The van der Waals surface area contributed by atoms with Gasteiger partial charge in [-0.2, -0.15) is 0 Å². The summed E-state index contributed by atoms with van der Waals surface area (Å²) in [7, 11) is -1.94. The van der Waals surface area contributed by atoms with Crippen LogP contribution in [0.15, 0.2) is 24.3 Å². The molecular weight excluding hydrogens is 224 g/mol. The molecule has 0 aliphatic rings. The summed E-state index contributed by atoms with van der Waals surface area (Å²) in [5.74, 6) is 0. The quantitative estimate of drug-likeness (QED) is 0.689. The Bertz CT molecular complexity index is 311. The van der Waals surface area contributed by atoms with Gasteiger partial charge in [0.15, 0.2) is 0 Å². The Morgan fingerprint density at radius 3 is 1.44 bits per heavy atom. The van der Waals surface area contributed by atoms with Gasteiger partial charge in [-0.25, -0.2) is 0 Å². The molecule has 0 radical (unpaired) electrons. The van der Waals surface area contributed by atoms with Crippen LogP contribution < -0.4 is 0 Å². The van der Waals surface area contributed by atoms with Crippen molar-refractivity contribution in [3.05, 3.63) is 35.4 Å². The van der Waals surface area contributed by atoms with Crippen LogP contribution in [0.25, 0.3) is 0 Å². The van der Waals surface area contributed by atoms with Crippen molar-refractivity contribution in [2.24, 2.45) is 0 Å². The molecule has 0 saturated carbocycles. The zero-order chi connectivity index (χ0) is 12.4. The predicted molar refractivity (Wildman–Crippen MR) is 80.5 cm³/mol. The lowest BCUT2D eigenvalue weighted by molar-refractivity contribution is 1.24. The van der Waals surface area contributed by atoms with Gasteiger partial charge in [0.25, 0.3) is 0 Å². The van der Waals surface area contributed by atoms with Gasteiger partial charge < -0.3 is 0 Å². The molecule has 16 heavy (non-hydrogen) atoms. The number of hydrogen-bond acceptors (Lipinski definition) is 0. The normalized spacial score (nSPS) is 12.9. The molecule has 0 unspecified atom stereocenters. The summed E-state index contributed by atoms with van der Waals surface area (Å²) in [4.78, 5) is 0. The maximum absolute atomic E-state index is 2.44. The highest BCUT2D eigenvalue weighted by Crippen LogP contribution is 2.16. The molecule has 0 aliphatic heterocycles. The van der Waals surface area contributed by atoms with Gasteiger partial charge in [0.1, 0.15) is 0 Å². The third kappa shape index (κ3) is 5.66. The molecule has 0 aliphatic carbocycles. The largest absolute Gasteiger partial charge is 0.0693 e. The van der Waals surface area contributed by atoms with E-state index in [4.69, 9.17) is 0 Å². The first-order valence-electron chi connectivity index (χ1n) is 6.24. The molecule has 0 aromatic heterocycles. The van der Waals surface area contributed by atoms with E-state index in [1.807, 2.05) is 0 Å². The van der Waals surface area contributed by atoms with E-state index in [2.05, 4.69) is 63.5 Å². The topological polar surface area (TPSA) is 0 Å². The molecule has 2 heteroatoms. The van der Waals surface area contributed by atoms with Crippen LogP contribution in [0.5, 0.6) is 0 Å². The van der Waals surface area contributed by atoms with Crippen LogP contribution in [0.3, 0.4) is 0 Å². The molecular formula is C14H26Si2. The van der Waals surface area contributed by atoms with E-state index in [0.717, 1.165) is 0 Å². The van der Waals surface area contributed by atoms with Crippen LogP contribution in [0.1, 0.15) is 11.1 Å². The van der Waals surface area contributed by atoms with Crippen molar-refractivity contribution in [3.63, 3.8) is 0 Å². The summed E-state index contributed by atoms with van der Waals surface area (Å²) in [6.07, 6.45) is 0. The van der Waals surface area contributed by atoms with E-state index in [1.165, 1.54) is 12.1 Å². The summed E-state index contributed by atoms with van der Waals surface area (Å²) >= 11 is 0. The third-order valence-corrected chi connectivity index (χ3v) is 5.40. The summed E-state index contributed by atoms with van der Waals surface area (Å²) in [6, 6.07) is 11.9. The van der Waals surface area contributed by atoms with E-state index in [-0.39, 0.29) is 0 Å². The van der Waals surface area contributed by atoms with E-state index in [9.17, 15) is 0 Å². The van der Waals surface area contributed by atoms with Crippen LogP contribution >= 0.6 is 0 Å². The second-order valence-corrected chi connectivity index (χ2v) is 18.2. The van der Waals surface area contributed by atoms with Gasteiger partial charge in [0, 0.05) is 16.1 Å². The second-order valence-electron chi connectivity index (χ2n) is 7.29. The SMILES string of the molecule is C[Si](C)(C)Cc1cccc(C[Si](C)(C)C)c1. The van der Waals surface area contributed by atoms with E-state index >= 15 is 0 Å². The highest BCUT2D eigenvalue weighted by molar-refractivity contribution is 6.76. The first-order valence-corrected chi connectivity index (χ1v) is 13.6. The standard InChI is InChI=1S/C14H26Si2/c1-15(2,3)11-13-8-7-9-14(10-13)12-16(4,5)6/h7-10H,11-12H2,1-6H3. The average molecular weight is 251 g/mol. The number of hydrogen-bond donors (Lipinski definition) is 0. The Morgan fingerprint density at radius 2 is 1.12 bits per heavy atom. The molecule has 0 atom stereocenters. The zero-order valence-electron chi connectivity index (χ0n) is 11.7. The van der Waals surface area contributed by atoms with Crippen molar-refractivity contribution >= 4 is 16.1 Å². The fourth-order valence-electron chi connectivity index (χ4n) is 2.07. The molecule has 0 heterocycles. The monoisotopic (exact) mass is 250 g/mol. The Hall–Kier alpha value is -0.346. The van der Waals surface area contributed by atoms with Crippen molar-refractivity contribution in [2.45, 2.75) is 51.4 Å². The Labute approximate surface area is 103 Å². The lowest BCUT2D eigenvalue weighted by Gasteiger charge is -2.19. The van der Waals surface area contributed by atoms with Crippen LogP contribution in [-0.2, 0) is 12.1 Å². The fraction of sp³-hybridized carbons (Fsp3) is 0.571. The van der Waals surface area contributed by atoms with Gasteiger partial charge in [0.2, 0.25) is 0 Å². The first kappa shape index (κ1) is 13.7. The van der Waals surface area contributed by atoms with Crippen molar-refractivity contribution in [1.82, 2.24) is 0 Å². The molecule has 1 rings (SSSR count). The van der Waals surface area contributed by atoms with E-state index in [0.29, 0.717) is 0 Å². The molecule has 0 nitrogen and oxygen atoms in total. The molecule has 0 amide bonds. The molecule has 0 saturated heterocycles. The van der Waals surface area contributed by atoms with E-state index in [1.54, 1.807) is 11.1 Å². The van der Waals surface area contributed by atoms with Gasteiger partial charge in [0.05, 0.1) is 0 Å². The lowest BCUT2D eigenvalue weighted by atomic mass is 10.2. The van der Waals surface area contributed by atoms with Gasteiger partial charge in [-0.3, -0.25) is 0 Å². The molecule has 0 fully saturated rings. The van der Waals surface area contributed by atoms with Crippen LogP contribution in [0.2, 0.25) is 39.3 Å².